The molecule has 0 fully saturated rings. The summed E-state index contributed by atoms with van der Waals surface area (Å²) in [7, 11) is 0. The van der Waals surface area contributed by atoms with E-state index in [2.05, 4.69) is 5.32 Å². The number of amides is 1. The van der Waals surface area contributed by atoms with Crippen LogP contribution in [0, 0.1) is 11.3 Å². The number of nitriles is 1. The summed E-state index contributed by atoms with van der Waals surface area (Å²) in [5.41, 5.74) is 0.400. The zero-order chi connectivity index (χ0) is 12.5. The Morgan fingerprint density at radius 3 is 2.94 bits per heavy atom. The molecule has 88 valence electrons. The Balaban J connectivity index is 2.42. The first-order valence-electron chi connectivity index (χ1n) is 5.08. The third kappa shape index (κ3) is 4.34. The van der Waals surface area contributed by atoms with Crippen molar-refractivity contribution in [3.8, 4) is 11.8 Å². The molecular weight excluding hydrogens is 220 g/mol. The van der Waals surface area contributed by atoms with Crippen LogP contribution in [0.15, 0.2) is 24.3 Å². The highest BCUT2D eigenvalue weighted by Gasteiger charge is 2.05. The SMILES string of the molecule is N#CCCNC(=O)COc1ccccc1C=O. The van der Waals surface area contributed by atoms with Gasteiger partial charge in [0.1, 0.15) is 5.75 Å². The maximum absolute atomic E-state index is 11.3. The molecule has 0 aliphatic heterocycles. The van der Waals surface area contributed by atoms with Gasteiger partial charge in [-0.15, -0.1) is 0 Å². The van der Waals surface area contributed by atoms with Crippen molar-refractivity contribution in [2.45, 2.75) is 6.42 Å². The van der Waals surface area contributed by atoms with Crippen molar-refractivity contribution in [3.05, 3.63) is 29.8 Å². The zero-order valence-electron chi connectivity index (χ0n) is 9.18. The number of carbonyl (C=O) groups is 2. The second kappa shape index (κ2) is 7.01. The van der Waals surface area contributed by atoms with Gasteiger partial charge < -0.3 is 10.1 Å². The van der Waals surface area contributed by atoms with Gasteiger partial charge in [0.05, 0.1) is 18.1 Å². The molecule has 0 saturated carbocycles. The largest absolute Gasteiger partial charge is 0.483 e. The molecule has 0 aromatic heterocycles. The lowest BCUT2D eigenvalue weighted by molar-refractivity contribution is -0.123. The van der Waals surface area contributed by atoms with Crippen LogP contribution in [0.3, 0.4) is 0 Å². The molecule has 1 N–H and O–H groups in total. The van der Waals surface area contributed by atoms with E-state index in [1.165, 1.54) is 0 Å². The summed E-state index contributed by atoms with van der Waals surface area (Å²) < 4.78 is 5.19. The van der Waals surface area contributed by atoms with Gasteiger partial charge in [0.2, 0.25) is 0 Å². The molecule has 0 bridgehead atoms. The van der Waals surface area contributed by atoms with Crippen molar-refractivity contribution in [2.75, 3.05) is 13.2 Å². The van der Waals surface area contributed by atoms with Crippen LogP contribution in [-0.4, -0.2) is 25.3 Å². The van der Waals surface area contributed by atoms with Gasteiger partial charge in [-0.2, -0.15) is 5.26 Å². The molecule has 0 aliphatic carbocycles. The second-order valence-corrected chi connectivity index (χ2v) is 3.20. The van der Waals surface area contributed by atoms with Crippen molar-refractivity contribution in [3.63, 3.8) is 0 Å². The first-order chi connectivity index (χ1) is 8.27. The predicted octanol–water partition coefficient (Wildman–Crippen LogP) is 0.908. The minimum absolute atomic E-state index is 0.170. The average molecular weight is 232 g/mol. The fourth-order valence-electron chi connectivity index (χ4n) is 1.16. The predicted molar refractivity (Wildman–Crippen MR) is 60.6 cm³/mol. The second-order valence-electron chi connectivity index (χ2n) is 3.20. The van der Waals surface area contributed by atoms with Crippen LogP contribution >= 0.6 is 0 Å². The smallest absolute Gasteiger partial charge is 0.257 e. The van der Waals surface area contributed by atoms with Gasteiger partial charge in [-0.05, 0) is 12.1 Å². The zero-order valence-corrected chi connectivity index (χ0v) is 9.18. The maximum atomic E-state index is 11.3. The number of rotatable bonds is 6. The number of para-hydroxylation sites is 1. The molecule has 0 spiro atoms. The Labute approximate surface area is 99.0 Å². The summed E-state index contributed by atoms with van der Waals surface area (Å²) >= 11 is 0. The number of nitrogens with one attached hydrogen (secondary N) is 1. The topological polar surface area (TPSA) is 79.2 Å². The quantitative estimate of drug-likeness (QED) is 0.584. The van der Waals surface area contributed by atoms with Crippen molar-refractivity contribution in [1.29, 1.82) is 5.26 Å². The summed E-state index contributed by atoms with van der Waals surface area (Å²) in [5.74, 6) is 0.0545. The van der Waals surface area contributed by atoms with Crippen molar-refractivity contribution in [2.24, 2.45) is 0 Å². The molecule has 5 heteroatoms. The number of benzene rings is 1. The van der Waals surface area contributed by atoms with Gasteiger partial charge in [-0.1, -0.05) is 12.1 Å². The van der Waals surface area contributed by atoms with E-state index in [1.54, 1.807) is 24.3 Å². The van der Waals surface area contributed by atoms with Crippen LogP contribution < -0.4 is 10.1 Å². The van der Waals surface area contributed by atoms with Crippen LogP contribution in [0.4, 0.5) is 0 Å². The van der Waals surface area contributed by atoms with E-state index in [9.17, 15) is 9.59 Å². The summed E-state index contributed by atoms with van der Waals surface area (Å²) in [6.45, 7) is 0.129. The number of nitrogens with zero attached hydrogens (tertiary/aromatic N) is 1. The van der Waals surface area contributed by atoms with Crippen LogP contribution in [0.5, 0.6) is 5.75 Å². The van der Waals surface area contributed by atoms with E-state index in [-0.39, 0.29) is 18.9 Å². The first-order valence-corrected chi connectivity index (χ1v) is 5.08. The third-order valence-corrected chi connectivity index (χ3v) is 1.96. The van der Waals surface area contributed by atoms with Gasteiger partial charge in [-0.3, -0.25) is 9.59 Å². The fourth-order valence-corrected chi connectivity index (χ4v) is 1.16. The van der Waals surface area contributed by atoms with Gasteiger partial charge in [0.15, 0.2) is 12.9 Å². The highest BCUT2D eigenvalue weighted by atomic mass is 16.5. The average Bonchev–Trinajstić information content (AvgIpc) is 2.37. The van der Waals surface area contributed by atoms with E-state index in [0.717, 1.165) is 0 Å². The van der Waals surface area contributed by atoms with Gasteiger partial charge in [0, 0.05) is 6.54 Å². The number of aldehydes is 1. The van der Waals surface area contributed by atoms with E-state index in [4.69, 9.17) is 10.00 Å². The Bertz CT molecular complexity index is 438. The lowest BCUT2D eigenvalue weighted by atomic mass is 10.2. The summed E-state index contributed by atoms with van der Waals surface area (Å²) in [5, 5.41) is 10.8. The van der Waals surface area contributed by atoms with Crippen LogP contribution in [0.25, 0.3) is 0 Å². The maximum Gasteiger partial charge on any atom is 0.257 e. The molecule has 0 heterocycles. The van der Waals surface area contributed by atoms with E-state index in [1.807, 2.05) is 6.07 Å². The fraction of sp³-hybridized carbons (Fsp3) is 0.250. The molecule has 0 saturated heterocycles. The highest BCUT2D eigenvalue weighted by molar-refractivity contribution is 5.80. The molecule has 17 heavy (non-hydrogen) atoms. The Hall–Kier alpha value is -2.35. The minimum atomic E-state index is -0.319. The van der Waals surface area contributed by atoms with Gasteiger partial charge in [0.25, 0.3) is 5.91 Å². The molecule has 1 amide bonds. The van der Waals surface area contributed by atoms with E-state index >= 15 is 0 Å². The summed E-state index contributed by atoms with van der Waals surface area (Å²) in [4.78, 5) is 21.9. The summed E-state index contributed by atoms with van der Waals surface area (Å²) in [6, 6.07) is 8.57. The standard InChI is InChI=1S/C12H12N2O3/c13-6-3-7-14-12(16)9-17-11-5-2-1-4-10(11)8-15/h1-2,4-5,8H,3,7,9H2,(H,14,16). The third-order valence-electron chi connectivity index (χ3n) is 1.96. The normalized spacial score (nSPS) is 9.12. The van der Waals surface area contributed by atoms with Gasteiger partial charge in [-0.25, -0.2) is 0 Å². The Morgan fingerprint density at radius 1 is 1.47 bits per heavy atom. The van der Waals surface area contributed by atoms with Crippen LogP contribution in [0.2, 0.25) is 0 Å². The van der Waals surface area contributed by atoms with E-state index < -0.39 is 0 Å². The van der Waals surface area contributed by atoms with Crippen molar-refractivity contribution < 1.29 is 14.3 Å². The molecule has 1 aromatic carbocycles. The number of ether oxygens (including phenoxy) is 1. The minimum Gasteiger partial charge on any atom is -0.483 e. The van der Waals surface area contributed by atoms with E-state index in [0.29, 0.717) is 24.1 Å². The number of hydrogen-bond acceptors (Lipinski definition) is 4. The number of hydrogen-bond donors (Lipinski definition) is 1. The molecule has 0 unspecified atom stereocenters. The van der Waals surface area contributed by atoms with Crippen LogP contribution in [0.1, 0.15) is 16.8 Å². The molecule has 1 aromatic rings. The molecular formula is C12H12N2O3. The molecule has 0 radical (unpaired) electrons. The Kier molecular flexibility index (Phi) is 5.25. The first kappa shape index (κ1) is 12.7. The molecule has 0 atom stereocenters. The lowest BCUT2D eigenvalue weighted by Crippen LogP contribution is -2.29. The molecule has 1 rings (SSSR count). The van der Waals surface area contributed by atoms with Crippen LogP contribution in [-0.2, 0) is 4.79 Å². The van der Waals surface area contributed by atoms with Crippen molar-refractivity contribution in [1.82, 2.24) is 5.32 Å². The summed E-state index contributed by atoms with van der Waals surface area (Å²) in [6.07, 6.45) is 0.930. The highest BCUT2D eigenvalue weighted by Crippen LogP contribution is 2.15. The Morgan fingerprint density at radius 2 is 2.24 bits per heavy atom. The molecule has 0 aliphatic rings. The van der Waals surface area contributed by atoms with Crippen molar-refractivity contribution >= 4 is 12.2 Å². The lowest BCUT2D eigenvalue weighted by Gasteiger charge is -2.07. The number of carbonyl (C=O) groups excluding carboxylic acids is 2. The van der Waals surface area contributed by atoms with Gasteiger partial charge >= 0.3 is 0 Å². The molecule has 5 nitrogen and oxygen atoms in total. The monoisotopic (exact) mass is 232 g/mol.